The number of hydrogen-bond acceptors (Lipinski definition) is 5. The molecule has 2 aromatic carbocycles. The Balaban J connectivity index is 1.82. The first-order valence-electron chi connectivity index (χ1n) is 8.03. The molecule has 0 heterocycles. The average Bonchev–Trinajstić information content (AvgIpc) is 2.63. The topological polar surface area (TPSA) is 80.2 Å². The number of nitrogens with one attached hydrogen (secondary N) is 1. The van der Waals surface area contributed by atoms with Crippen LogP contribution in [0.4, 0.5) is 0 Å². The van der Waals surface area contributed by atoms with Gasteiger partial charge in [0.05, 0.1) is 13.3 Å². The van der Waals surface area contributed by atoms with Crippen LogP contribution in [0.5, 0.6) is 17.2 Å². The van der Waals surface area contributed by atoms with Crippen LogP contribution < -0.4 is 14.9 Å². The highest BCUT2D eigenvalue weighted by Crippen LogP contribution is 2.20. The van der Waals surface area contributed by atoms with E-state index in [4.69, 9.17) is 9.47 Å². The third kappa shape index (κ3) is 5.84. The van der Waals surface area contributed by atoms with Crippen LogP contribution in [-0.2, 0) is 11.2 Å². The van der Waals surface area contributed by atoms with Gasteiger partial charge in [0.15, 0.2) is 6.61 Å². The fraction of sp³-hybridized carbons (Fsp3) is 0.263. The van der Waals surface area contributed by atoms with E-state index in [9.17, 15) is 9.90 Å². The average molecular weight is 342 g/mol. The van der Waals surface area contributed by atoms with Gasteiger partial charge in [0.2, 0.25) is 0 Å². The molecule has 0 bridgehead atoms. The summed E-state index contributed by atoms with van der Waals surface area (Å²) in [5.74, 6) is 0.864. The highest BCUT2D eigenvalue weighted by molar-refractivity contribution is 5.85. The third-order valence-corrected chi connectivity index (χ3v) is 3.46. The van der Waals surface area contributed by atoms with Gasteiger partial charge in [-0.15, -0.1) is 0 Å². The monoisotopic (exact) mass is 342 g/mol. The summed E-state index contributed by atoms with van der Waals surface area (Å²) in [6, 6.07) is 12.4. The number of benzene rings is 2. The number of hydrazone groups is 1. The normalized spacial score (nSPS) is 10.6. The van der Waals surface area contributed by atoms with Crippen LogP contribution in [-0.4, -0.2) is 30.9 Å². The minimum Gasteiger partial charge on any atom is -0.507 e. The first-order chi connectivity index (χ1) is 12.1. The Labute approximate surface area is 147 Å². The van der Waals surface area contributed by atoms with Crippen molar-refractivity contribution in [2.75, 3.05) is 13.7 Å². The maximum absolute atomic E-state index is 11.7. The number of rotatable bonds is 8. The molecule has 0 aromatic heterocycles. The molecule has 0 radical (unpaired) electrons. The zero-order valence-electron chi connectivity index (χ0n) is 14.4. The smallest absolute Gasteiger partial charge is 0.277 e. The molecule has 0 aliphatic heterocycles. The van der Waals surface area contributed by atoms with Gasteiger partial charge in [-0.2, -0.15) is 5.10 Å². The number of ether oxygens (including phenoxy) is 2. The molecule has 0 spiro atoms. The second-order valence-electron chi connectivity index (χ2n) is 5.40. The largest absolute Gasteiger partial charge is 0.507 e. The summed E-state index contributed by atoms with van der Waals surface area (Å²) in [5, 5.41) is 13.5. The number of phenols is 1. The molecule has 0 fully saturated rings. The Morgan fingerprint density at radius 3 is 2.60 bits per heavy atom. The van der Waals surface area contributed by atoms with E-state index < -0.39 is 5.91 Å². The van der Waals surface area contributed by atoms with Crippen molar-refractivity contribution >= 4 is 12.1 Å². The van der Waals surface area contributed by atoms with Gasteiger partial charge in [-0.3, -0.25) is 4.79 Å². The summed E-state index contributed by atoms with van der Waals surface area (Å²) in [6.07, 6.45) is 3.45. The first kappa shape index (κ1) is 18.3. The maximum Gasteiger partial charge on any atom is 0.277 e. The SMILES string of the molecule is CCCc1ccc(OCC(=O)NN=Cc2cc(OC)ccc2O)cc1. The van der Waals surface area contributed by atoms with Crippen molar-refractivity contribution in [2.45, 2.75) is 19.8 Å². The number of carbonyl (C=O) groups excluding carboxylic acids is 1. The number of methoxy groups -OCH3 is 1. The van der Waals surface area contributed by atoms with Crippen LogP contribution in [0.3, 0.4) is 0 Å². The Morgan fingerprint density at radius 1 is 1.20 bits per heavy atom. The molecule has 2 N–H and O–H groups in total. The highest BCUT2D eigenvalue weighted by atomic mass is 16.5. The van der Waals surface area contributed by atoms with E-state index in [0.29, 0.717) is 17.1 Å². The van der Waals surface area contributed by atoms with Crippen LogP contribution in [0.1, 0.15) is 24.5 Å². The van der Waals surface area contributed by atoms with E-state index in [-0.39, 0.29) is 12.4 Å². The summed E-state index contributed by atoms with van der Waals surface area (Å²) in [6.45, 7) is 1.98. The van der Waals surface area contributed by atoms with Crippen LogP contribution in [0.2, 0.25) is 0 Å². The minimum atomic E-state index is -0.392. The third-order valence-electron chi connectivity index (χ3n) is 3.46. The summed E-state index contributed by atoms with van der Waals surface area (Å²) >= 11 is 0. The Kier molecular flexibility index (Phi) is 6.83. The molecule has 1 amide bonds. The maximum atomic E-state index is 11.7. The molecule has 0 aliphatic rings. The van der Waals surface area contributed by atoms with Gasteiger partial charge in [0.1, 0.15) is 17.2 Å². The van der Waals surface area contributed by atoms with E-state index in [1.165, 1.54) is 25.0 Å². The Hall–Kier alpha value is -3.02. The molecule has 0 saturated carbocycles. The zero-order chi connectivity index (χ0) is 18.1. The molecule has 2 aromatic rings. The number of amides is 1. The van der Waals surface area contributed by atoms with Crippen molar-refractivity contribution in [2.24, 2.45) is 5.10 Å². The molecule has 132 valence electrons. The lowest BCUT2D eigenvalue weighted by atomic mass is 10.1. The fourth-order valence-electron chi connectivity index (χ4n) is 2.16. The second-order valence-corrected chi connectivity index (χ2v) is 5.40. The number of hydrogen-bond donors (Lipinski definition) is 2. The molecule has 25 heavy (non-hydrogen) atoms. The first-order valence-corrected chi connectivity index (χ1v) is 8.03. The van der Waals surface area contributed by atoms with Gasteiger partial charge >= 0.3 is 0 Å². The van der Waals surface area contributed by atoms with Gasteiger partial charge in [-0.05, 0) is 42.3 Å². The van der Waals surface area contributed by atoms with Gasteiger partial charge in [-0.25, -0.2) is 5.43 Å². The van der Waals surface area contributed by atoms with E-state index in [2.05, 4.69) is 17.5 Å². The van der Waals surface area contributed by atoms with Crippen LogP contribution >= 0.6 is 0 Å². The second kappa shape index (κ2) is 9.32. The molecule has 0 aliphatic carbocycles. The van der Waals surface area contributed by atoms with E-state index in [1.54, 1.807) is 12.1 Å². The van der Waals surface area contributed by atoms with E-state index in [0.717, 1.165) is 12.8 Å². The molecule has 0 saturated heterocycles. The molecule has 6 heteroatoms. The van der Waals surface area contributed by atoms with Gasteiger partial charge < -0.3 is 14.6 Å². The van der Waals surface area contributed by atoms with Crippen molar-refractivity contribution in [3.05, 3.63) is 53.6 Å². The molecule has 2 rings (SSSR count). The summed E-state index contributed by atoms with van der Waals surface area (Å²) < 4.78 is 10.5. The van der Waals surface area contributed by atoms with Crippen molar-refractivity contribution in [3.8, 4) is 17.2 Å². The zero-order valence-corrected chi connectivity index (χ0v) is 14.4. The van der Waals surface area contributed by atoms with Crippen LogP contribution in [0, 0.1) is 0 Å². The standard InChI is InChI=1S/C19H22N2O4/c1-3-4-14-5-7-16(8-6-14)25-13-19(23)21-20-12-15-11-17(24-2)9-10-18(15)22/h5-12,22H,3-4,13H2,1-2H3,(H,21,23). The molecule has 0 unspecified atom stereocenters. The van der Waals surface area contributed by atoms with Gasteiger partial charge in [0.25, 0.3) is 5.91 Å². The highest BCUT2D eigenvalue weighted by Gasteiger charge is 2.03. The lowest BCUT2D eigenvalue weighted by molar-refractivity contribution is -0.123. The van der Waals surface area contributed by atoms with Crippen molar-refractivity contribution < 1.29 is 19.4 Å². The molecule has 6 nitrogen and oxygen atoms in total. The van der Waals surface area contributed by atoms with Gasteiger partial charge in [-0.1, -0.05) is 25.5 Å². The summed E-state index contributed by atoms with van der Waals surface area (Å²) in [7, 11) is 1.53. The number of aryl methyl sites for hydroxylation is 1. The van der Waals surface area contributed by atoms with Crippen molar-refractivity contribution in [1.29, 1.82) is 0 Å². The van der Waals surface area contributed by atoms with Crippen molar-refractivity contribution in [3.63, 3.8) is 0 Å². The lowest BCUT2D eigenvalue weighted by Gasteiger charge is -2.06. The van der Waals surface area contributed by atoms with E-state index in [1.807, 2.05) is 24.3 Å². The lowest BCUT2D eigenvalue weighted by Crippen LogP contribution is -2.24. The summed E-state index contributed by atoms with van der Waals surface area (Å²) in [4.78, 5) is 11.7. The molecular weight excluding hydrogens is 320 g/mol. The molecular formula is C19H22N2O4. The number of phenolic OH excluding ortho intramolecular Hbond substituents is 1. The number of carbonyl (C=O) groups is 1. The number of aromatic hydroxyl groups is 1. The van der Waals surface area contributed by atoms with Crippen LogP contribution in [0.15, 0.2) is 47.6 Å². The predicted molar refractivity (Wildman–Crippen MR) is 96.3 cm³/mol. The van der Waals surface area contributed by atoms with E-state index >= 15 is 0 Å². The summed E-state index contributed by atoms with van der Waals surface area (Å²) in [5.41, 5.74) is 4.03. The Bertz CT molecular complexity index is 727. The number of nitrogens with zero attached hydrogens (tertiary/aromatic N) is 1. The Morgan fingerprint density at radius 2 is 1.92 bits per heavy atom. The van der Waals surface area contributed by atoms with Gasteiger partial charge in [0, 0.05) is 5.56 Å². The predicted octanol–water partition coefficient (Wildman–Crippen LogP) is 2.88. The fourth-order valence-corrected chi connectivity index (χ4v) is 2.16. The van der Waals surface area contributed by atoms with Crippen LogP contribution in [0.25, 0.3) is 0 Å². The molecule has 0 atom stereocenters. The quantitative estimate of drug-likeness (QED) is 0.571. The minimum absolute atomic E-state index is 0.0437. The van der Waals surface area contributed by atoms with Crippen molar-refractivity contribution in [1.82, 2.24) is 5.43 Å².